The van der Waals surface area contributed by atoms with Crippen LogP contribution in [0.5, 0.6) is 0 Å². The lowest BCUT2D eigenvalue weighted by atomic mass is 9.96. The highest BCUT2D eigenvalue weighted by atomic mass is 35.5. The molecule has 2 fully saturated rings. The Morgan fingerprint density at radius 1 is 0.562 bits per heavy atom. The summed E-state index contributed by atoms with van der Waals surface area (Å²) in [7, 11) is 4.07. The number of aryl methyl sites for hydroxylation is 4. The number of imidazole rings is 2. The molecule has 0 aliphatic carbocycles. The minimum Gasteiger partial charge on any atom is -0.338 e. The van der Waals surface area contributed by atoms with Crippen molar-refractivity contribution in [1.29, 1.82) is 0 Å². The standard InChI is InChI=1S/2C25H29N5O.2ClH/c2*1-4-30-21-8-6-5-7-17(21)13-23(30)24-27-20-12-18(9-10-22(20)28(24)3)25(31)29-14-16(2)11-19(26)15-29;;/h2*5-10,12-13,16,19H,4,11,14-15,26H2,1-3H3;2*1H/t2*16-,19-;;/m10../s1. The molecule has 0 unspecified atom stereocenters. The second kappa shape index (κ2) is 18.8. The number of aromatic nitrogens is 6. The number of piperidine rings is 2. The number of hydrogen-bond donors (Lipinski definition) is 2. The van der Waals surface area contributed by atoms with Crippen LogP contribution in [0.25, 0.3) is 66.9 Å². The van der Waals surface area contributed by atoms with E-state index in [2.05, 4.69) is 107 Å². The van der Waals surface area contributed by atoms with Crippen molar-refractivity contribution in [2.45, 2.75) is 65.7 Å². The molecule has 0 spiro atoms. The van der Waals surface area contributed by atoms with Crippen LogP contribution in [0.1, 0.15) is 61.3 Å². The van der Waals surface area contributed by atoms with E-state index in [0.717, 1.165) is 84.1 Å². The van der Waals surface area contributed by atoms with Crippen molar-refractivity contribution >= 4 is 80.5 Å². The molecule has 0 bridgehead atoms. The maximum Gasteiger partial charge on any atom is 0.253 e. The molecule has 2 aliphatic heterocycles. The van der Waals surface area contributed by atoms with Gasteiger partial charge in [-0.2, -0.15) is 0 Å². The predicted octanol–water partition coefficient (Wildman–Crippen LogP) is 8.89. The number of halogens is 2. The normalized spacial score (nSPS) is 18.8. The molecule has 0 saturated carbocycles. The van der Waals surface area contributed by atoms with Crippen LogP contribution in [0.15, 0.2) is 97.1 Å². The van der Waals surface area contributed by atoms with Gasteiger partial charge < -0.3 is 39.5 Å². The smallest absolute Gasteiger partial charge is 0.253 e. The summed E-state index contributed by atoms with van der Waals surface area (Å²) >= 11 is 0. The Labute approximate surface area is 387 Å². The summed E-state index contributed by atoms with van der Waals surface area (Å²) in [6.45, 7) is 13.1. The summed E-state index contributed by atoms with van der Waals surface area (Å²) in [5.41, 5.74) is 22.0. The fourth-order valence-corrected chi connectivity index (χ4v) is 10.1. The van der Waals surface area contributed by atoms with Crippen molar-refractivity contribution in [2.75, 3.05) is 26.2 Å². The first-order chi connectivity index (χ1) is 29.9. The molecule has 64 heavy (non-hydrogen) atoms. The molecule has 0 radical (unpaired) electrons. The van der Waals surface area contributed by atoms with Crippen molar-refractivity contribution in [2.24, 2.45) is 37.4 Å². The summed E-state index contributed by atoms with van der Waals surface area (Å²) in [5.74, 6) is 2.75. The Bertz CT molecular complexity index is 2760. The number of hydrogen-bond acceptors (Lipinski definition) is 6. The van der Waals surface area contributed by atoms with Crippen LogP contribution in [0, 0.1) is 11.8 Å². The quantitative estimate of drug-likeness (QED) is 0.171. The monoisotopic (exact) mass is 902 g/mol. The van der Waals surface area contributed by atoms with E-state index >= 15 is 0 Å². The van der Waals surface area contributed by atoms with Gasteiger partial charge >= 0.3 is 0 Å². The summed E-state index contributed by atoms with van der Waals surface area (Å²) in [6.07, 6.45) is 1.94. The SMILES string of the molecule is CCn1c(-c2nc3cc(C(=O)N4C[C@@H](C)C[C@H](N)C4)ccc3n2C)cc2ccccc21.CCn1c(-c2nc3cc(C(=O)N4C[C@H](C)C[C@@H](N)C4)ccc3n2C)cc2ccccc21.Cl.Cl. The molecule has 336 valence electrons. The van der Waals surface area contributed by atoms with Crippen LogP contribution in [0.2, 0.25) is 0 Å². The van der Waals surface area contributed by atoms with Gasteiger partial charge in [0.15, 0.2) is 11.6 Å². The molecule has 6 heterocycles. The Morgan fingerprint density at radius 3 is 1.33 bits per heavy atom. The second-order valence-corrected chi connectivity index (χ2v) is 17.7. The molecule has 12 nitrogen and oxygen atoms in total. The van der Waals surface area contributed by atoms with Gasteiger partial charge in [-0.25, -0.2) is 9.97 Å². The molecular formula is C50H60Cl2N10O2. The number of rotatable bonds is 6. The Balaban J connectivity index is 0.000000186. The summed E-state index contributed by atoms with van der Waals surface area (Å²) in [6, 6.07) is 33.0. The number of fused-ring (bicyclic) bond motifs is 4. The van der Waals surface area contributed by atoms with Gasteiger partial charge in [-0.05, 0) is 99.2 Å². The molecule has 8 aromatic rings. The van der Waals surface area contributed by atoms with E-state index in [4.69, 9.17) is 21.4 Å². The maximum absolute atomic E-state index is 13.1. The van der Waals surface area contributed by atoms with E-state index in [-0.39, 0.29) is 48.7 Å². The summed E-state index contributed by atoms with van der Waals surface area (Å²) in [4.78, 5) is 40.0. The van der Waals surface area contributed by atoms with Crippen LogP contribution >= 0.6 is 24.8 Å². The number of carbonyl (C=O) groups is 2. The van der Waals surface area contributed by atoms with E-state index in [1.165, 1.54) is 21.8 Å². The lowest BCUT2D eigenvalue weighted by molar-refractivity contribution is 0.0655. The van der Waals surface area contributed by atoms with E-state index in [9.17, 15) is 9.59 Å². The van der Waals surface area contributed by atoms with Crippen LogP contribution in [0.4, 0.5) is 0 Å². The maximum atomic E-state index is 13.1. The molecule has 2 amide bonds. The van der Waals surface area contributed by atoms with Crippen LogP contribution in [0.3, 0.4) is 0 Å². The molecular weight excluding hydrogens is 844 g/mol. The number of likely N-dealkylation sites (tertiary alicyclic amines) is 2. The topological polar surface area (TPSA) is 138 Å². The number of amides is 2. The molecule has 4 aromatic heterocycles. The van der Waals surface area contributed by atoms with Crippen molar-refractivity contribution in [1.82, 2.24) is 38.0 Å². The minimum atomic E-state index is 0. The number of nitrogens with zero attached hydrogens (tertiary/aromatic N) is 8. The van der Waals surface area contributed by atoms with Gasteiger partial charge in [0.25, 0.3) is 11.8 Å². The van der Waals surface area contributed by atoms with Crippen LogP contribution in [-0.4, -0.2) is 88.1 Å². The van der Waals surface area contributed by atoms with E-state index in [0.29, 0.717) is 36.1 Å². The Morgan fingerprint density at radius 2 is 0.953 bits per heavy atom. The average Bonchev–Trinajstić information content (AvgIpc) is 4.01. The number of carbonyl (C=O) groups excluding carboxylic acids is 2. The van der Waals surface area contributed by atoms with Crippen LogP contribution < -0.4 is 11.5 Å². The summed E-state index contributed by atoms with van der Waals surface area (Å²) in [5, 5.41) is 2.41. The van der Waals surface area contributed by atoms with Gasteiger partial charge in [0.1, 0.15) is 0 Å². The van der Waals surface area contributed by atoms with Gasteiger partial charge in [0, 0.05) is 98.4 Å². The molecule has 4 N–H and O–H groups in total. The third kappa shape index (κ3) is 8.52. The fourth-order valence-electron chi connectivity index (χ4n) is 10.1. The van der Waals surface area contributed by atoms with Crippen LogP contribution in [-0.2, 0) is 27.2 Å². The lowest BCUT2D eigenvalue weighted by Crippen LogP contribution is -2.48. The van der Waals surface area contributed by atoms with Gasteiger partial charge in [0.05, 0.1) is 33.5 Å². The largest absolute Gasteiger partial charge is 0.338 e. The fraction of sp³-hybridized carbons (Fsp3) is 0.360. The number of nitrogens with two attached hydrogens (primary N) is 2. The first-order valence-electron chi connectivity index (χ1n) is 22.1. The number of benzene rings is 4. The zero-order valence-corrected chi connectivity index (χ0v) is 39.2. The van der Waals surface area contributed by atoms with Gasteiger partial charge in [-0.3, -0.25) is 9.59 Å². The highest BCUT2D eigenvalue weighted by Gasteiger charge is 2.29. The zero-order valence-electron chi connectivity index (χ0n) is 37.6. The van der Waals surface area contributed by atoms with Gasteiger partial charge in [-0.1, -0.05) is 50.2 Å². The van der Waals surface area contributed by atoms with Crippen molar-refractivity contribution < 1.29 is 9.59 Å². The van der Waals surface area contributed by atoms with E-state index in [1.54, 1.807) is 0 Å². The number of para-hydroxylation sites is 2. The third-order valence-electron chi connectivity index (χ3n) is 12.9. The first-order valence-corrected chi connectivity index (χ1v) is 22.1. The second-order valence-electron chi connectivity index (χ2n) is 17.7. The van der Waals surface area contributed by atoms with E-state index < -0.39 is 0 Å². The molecule has 2 saturated heterocycles. The van der Waals surface area contributed by atoms with Crippen molar-refractivity contribution in [3.05, 3.63) is 108 Å². The van der Waals surface area contributed by atoms with Crippen molar-refractivity contribution in [3.8, 4) is 23.0 Å². The molecule has 4 atom stereocenters. The third-order valence-corrected chi connectivity index (χ3v) is 12.9. The molecule has 10 rings (SSSR count). The Kier molecular flexibility index (Phi) is 13.6. The van der Waals surface area contributed by atoms with Crippen molar-refractivity contribution in [3.63, 3.8) is 0 Å². The summed E-state index contributed by atoms with van der Waals surface area (Å²) < 4.78 is 8.81. The first kappa shape index (κ1) is 46.3. The molecule has 14 heteroatoms. The lowest BCUT2D eigenvalue weighted by Gasteiger charge is -2.34. The zero-order chi connectivity index (χ0) is 43.4. The predicted molar refractivity (Wildman–Crippen MR) is 264 cm³/mol. The van der Waals surface area contributed by atoms with E-state index in [1.807, 2.05) is 60.3 Å². The van der Waals surface area contributed by atoms with Gasteiger partial charge in [0.2, 0.25) is 0 Å². The molecule has 2 aliphatic rings. The Hall–Kier alpha value is -5.66. The highest BCUT2D eigenvalue weighted by Crippen LogP contribution is 2.32. The van der Waals surface area contributed by atoms with Gasteiger partial charge in [-0.15, -0.1) is 24.8 Å². The highest BCUT2D eigenvalue weighted by molar-refractivity contribution is 5.99. The molecule has 4 aromatic carbocycles. The minimum absolute atomic E-state index is 0. The average molecular weight is 904 g/mol.